The molecule has 0 aliphatic rings. The summed E-state index contributed by atoms with van der Waals surface area (Å²) in [7, 11) is 7.78. The van der Waals surface area contributed by atoms with Gasteiger partial charge in [-0.1, -0.05) is 22.0 Å². The van der Waals surface area contributed by atoms with Crippen molar-refractivity contribution >= 4 is 39.7 Å². The van der Waals surface area contributed by atoms with Crippen molar-refractivity contribution in [2.45, 2.75) is 0 Å². The first-order chi connectivity index (χ1) is 16.9. The maximum absolute atomic E-state index is 12.9. The lowest BCUT2D eigenvalue weighted by atomic mass is 10.1. The summed E-state index contributed by atoms with van der Waals surface area (Å²) in [5.74, 6) is 2.56. The summed E-state index contributed by atoms with van der Waals surface area (Å²) in [5, 5.41) is 0. The van der Waals surface area contributed by atoms with Crippen molar-refractivity contribution in [1.29, 1.82) is 0 Å². The minimum Gasteiger partial charge on any atom is -0.497 e. The number of hydrogen-bond acceptors (Lipinski definition) is 7. The van der Waals surface area contributed by atoms with Gasteiger partial charge in [0.15, 0.2) is 17.3 Å². The van der Waals surface area contributed by atoms with Crippen LogP contribution in [0.4, 0.5) is 5.69 Å². The lowest BCUT2D eigenvalue weighted by Gasteiger charge is -2.12. The number of aliphatic imine (C=N–C) groups is 1. The molecule has 0 atom stereocenters. The van der Waals surface area contributed by atoms with Crippen LogP contribution in [0.1, 0.15) is 21.5 Å². The summed E-state index contributed by atoms with van der Waals surface area (Å²) in [4.78, 5) is 17.5. The Bertz CT molecular complexity index is 1240. The number of methoxy groups -OCH3 is 5. The van der Waals surface area contributed by atoms with Gasteiger partial charge >= 0.3 is 0 Å². The summed E-state index contributed by atoms with van der Waals surface area (Å²) in [6.07, 6.45) is 4.85. The molecular formula is C27H26BrNO6. The molecule has 0 amide bonds. The summed E-state index contributed by atoms with van der Waals surface area (Å²) in [5.41, 5.74) is 2.54. The van der Waals surface area contributed by atoms with E-state index in [0.717, 1.165) is 15.6 Å². The van der Waals surface area contributed by atoms with Crippen LogP contribution >= 0.6 is 15.9 Å². The number of ether oxygens (including phenoxy) is 5. The zero-order valence-electron chi connectivity index (χ0n) is 20.1. The van der Waals surface area contributed by atoms with E-state index in [1.807, 2.05) is 18.2 Å². The molecule has 0 spiro atoms. The van der Waals surface area contributed by atoms with E-state index in [2.05, 4.69) is 20.9 Å². The van der Waals surface area contributed by atoms with E-state index in [9.17, 15) is 4.79 Å². The monoisotopic (exact) mass is 539 g/mol. The third kappa shape index (κ3) is 6.22. The molecule has 0 aliphatic heterocycles. The predicted molar refractivity (Wildman–Crippen MR) is 140 cm³/mol. The second-order valence-electron chi connectivity index (χ2n) is 7.19. The minimum atomic E-state index is -0.194. The van der Waals surface area contributed by atoms with Gasteiger partial charge in [-0.2, -0.15) is 0 Å². The fourth-order valence-corrected chi connectivity index (χ4v) is 3.65. The van der Waals surface area contributed by atoms with Crippen LogP contribution in [0.2, 0.25) is 0 Å². The van der Waals surface area contributed by atoms with Crippen LogP contribution in [0.5, 0.6) is 28.7 Å². The van der Waals surface area contributed by atoms with Gasteiger partial charge in [-0.3, -0.25) is 9.79 Å². The van der Waals surface area contributed by atoms with E-state index < -0.39 is 0 Å². The van der Waals surface area contributed by atoms with Gasteiger partial charge in [0.1, 0.15) is 17.2 Å². The van der Waals surface area contributed by atoms with Crippen molar-refractivity contribution in [3.05, 3.63) is 75.8 Å². The van der Waals surface area contributed by atoms with E-state index in [1.54, 1.807) is 71.1 Å². The van der Waals surface area contributed by atoms with Gasteiger partial charge in [-0.25, -0.2) is 0 Å². The fraction of sp³-hybridized carbons (Fsp3) is 0.185. The average molecular weight is 540 g/mol. The molecule has 3 aromatic carbocycles. The third-order valence-electron chi connectivity index (χ3n) is 5.12. The quantitative estimate of drug-likeness (QED) is 0.175. The number of nitrogens with zero attached hydrogens (tertiary/aromatic N) is 1. The molecule has 0 N–H and O–H groups in total. The SMILES string of the molecule is COc1ccc(Br)c(C=Nc2cc(C(=O)/C=C/c3cc(OC)c(OC)c(OC)c3)ccc2OC)c1. The number of hydrogen-bond donors (Lipinski definition) is 0. The van der Waals surface area contributed by atoms with Crippen molar-refractivity contribution in [3.8, 4) is 28.7 Å². The van der Waals surface area contributed by atoms with Crippen molar-refractivity contribution in [3.63, 3.8) is 0 Å². The maximum atomic E-state index is 12.9. The molecule has 8 heteroatoms. The van der Waals surface area contributed by atoms with E-state index in [0.29, 0.717) is 40.0 Å². The van der Waals surface area contributed by atoms with Gasteiger partial charge in [0, 0.05) is 21.8 Å². The highest BCUT2D eigenvalue weighted by Gasteiger charge is 2.13. The predicted octanol–water partition coefficient (Wildman–Crippen LogP) is 6.14. The standard InChI is InChI=1S/C27H26BrNO6/c1-31-20-8-9-21(28)19(14-20)16-29-22-15-18(7-11-24(22)32-2)23(30)10-6-17-12-25(33-3)27(35-5)26(13-17)34-4/h6-16H,1-5H3/b10-6+,29-16?. The van der Waals surface area contributed by atoms with E-state index in [1.165, 1.54) is 13.2 Å². The number of allylic oxidation sites excluding steroid dienone is 1. The first kappa shape index (κ1) is 25.8. The molecule has 3 rings (SSSR count). The van der Waals surface area contributed by atoms with Crippen molar-refractivity contribution in [2.24, 2.45) is 4.99 Å². The summed E-state index contributed by atoms with van der Waals surface area (Å²) in [6, 6.07) is 14.2. The van der Waals surface area contributed by atoms with E-state index >= 15 is 0 Å². The molecule has 7 nitrogen and oxygen atoms in total. The molecule has 0 radical (unpaired) electrons. The highest BCUT2D eigenvalue weighted by Crippen LogP contribution is 2.38. The molecule has 0 saturated carbocycles. The lowest BCUT2D eigenvalue weighted by Crippen LogP contribution is -1.97. The maximum Gasteiger partial charge on any atom is 0.203 e. The molecule has 0 fully saturated rings. The number of carbonyl (C=O) groups is 1. The Hall–Kier alpha value is -3.78. The molecule has 0 heterocycles. The van der Waals surface area contributed by atoms with Gasteiger partial charge in [0.05, 0.1) is 35.5 Å². The van der Waals surface area contributed by atoms with Gasteiger partial charge in [-0.15, -0.1) is 0 Å². The van der Waals surface area contributed by atoms with Crippen LogP contribution in [-0.4, -0.2) is 47.5 Å². The topological polar surface area (TPSA) is 75.6 Å². The Balaban J connectivity index is 1.89. The van der Waals surface area contributed by atoms with Crippen molar-refractivity contribution < 1.29 is 28.5 Å². The molecule has 0 aromatic heterocycles. The van der Waals surface area contributed by atoms with Crippen molar-refractivity contribution in [1.82, 2.24) is 0 Å². The van der Waals surface area contributed by atoms with Crippen LogP contribution in [-0.2, 0) is 0 Å². The normalized spacial score (nSPS) is 11.0. The number of halogens is 1. The van der Waals surface area contributed by atoms with E-state index in [4.69, 9.17) is 23.7 Å². The largest absolute Gasteiger partial charge is 0.497 e. The minimum absolute atomic E-state index is 0.194. The van der Waals surface area contributed by atoms with Crippen LogP contribution < -0.4 is 23.7 Å². The first-order valence-corrected chi connectivity index (χ1v) is 11.3. The highest BCUT2D eigenvalue weighted by molar-refractivity contribution is 9.10. The number of ketones is 1. The summed E-state index contributed by atoms with van der Waals surface area (Å²) >= 11 is 3.51. The number of carbonyl (C=O) groups excluding carboxylic acids is 1. The Morgan fingerprint density at radius 2 is 1.49 bits per heavy atom. The van der Waals surface area contributed by atoms with Gasteiger partial charge < -0.3 is 23.7 Å². The smallest absolute Gasteiger partial charge is 0.203 e. The van der Waals surface area contributed by atoms with Gasteiger partial charge in [0.2, 0.25) is 5.75 Å². The molecular weight excluding hydrogens is 514 g/mol. The second kappa shape index (κ2) is 12.1. The molecule has 0 aliphatic carbocycles. The van der Waals surface area contributed by atoms with Gasteiger partial charge in [0.25, 0.3) is 0 Å². The third-order valence-corrected chi connectivity index (χ3v) is 5.85. The second-order valence-corrected chi connectivity index (χ2v) is 8.04. The first-order valence-electron chi connectivity index (χ1n) is 10.5. The highest BCUT2D eigenvalue weighted by atomic mass is 79.9. The molecule has 0 saturated heterocycles. The van der Waals surface area contributed by atoms with Crippen LogP contribution in [0.25, 0.3) is 6.08 Å². The van der Waals surface area contributed by atoms with Crippen molar-refractivity contribution in [2.75, 3.05) is 35.5 Å². The molecule has 182 valence electrons. The fourth-order valence-electron chi connectivity index (χ4n) is 3.30. The summed E-state index contributed by atoms with van der Waals surface area (Å²) in [6.45, 7) is 0. The molecule has 3 aromatic rings. The Labute approximate surface area is 213 Å². The Morgan fingerprint density at radius 1 is 0.800 bits per heavy atom. The van der Waals surface area contributed by atoms with Gasteiger partial charge in [-0.05, 0) is 60.2 Å². The number of benzene rings is 3. The average Bonchev–Trinajstić information content (AvgIpc) is 2.90. The van der Waals surface area contributed by atoms with Crippen LogP contribution in [0.15, 0.2) is 64.1 Å². The molecule has 0 unspecified atom stereocenters. The lowest BCUT2D eigenvalue weighted by molar-refractivity contribution is 0.104. The summed E-state index contributed by atoms with van der Waals surface area (Å²) < 4.78 is 27.7. The van der Waals surface area contributed by atoms with Crippen LogP contribution in [0, 0.1) is 0 Å². The molecule has 35 heavy (non-hydrogen) atoms. The Morgan fingerprint density at radius 3 is 2.09 bits per heavy atom. The molecule has 0 bridgehead atoms. The van der Waals surface area contributed by atoms with E-state index in [-0.39, 0.29) is 5.78 Å². The zero-order chi connectivity index (χ0) is 25.4. The number of rotatable bonds is 10. The zero-order valence-corrected chi connectivity index (χ0v) is 21.7. The Kier molecular flexibility index (Phi) is 8.92. The van der Waals surface area contributed by atoms with Crippen LogP contribution in [0.3, 0.4) is 0 Å².